The van der Waals surface area contributed by atoms with Gasteiger partial charge in [-0.3, -0.25) is 4.79 Å². The maximum absolute atomic E-state index is 12.5. The van der Waals surface area contributed by atoms with E-state index in [-0.39, 0.29) is 21.7 Å². The average molecular weight is 318 g/mol. The number of nitrogens with one attached hydrogen (secondary N) is 1. The van der Waals surface area contributed by atoms with Crippen molar-refractivity contribution in [3.05, 3.63) is 35.4 Å². The lowest BCUT2D eigenvalue weighted by Crippen LogP contribution is -2.15. The number of alkyl halides is 2. The Morgan fingerprint density at radius 3 is 2.95 bits per heavy atom. The number of anilines is 1. The van der Waals surface area contributed by atoms with Gasteiger partial charge >= 0.3 is 0 Å². The fraction of sp³-hybridized carbons (Fsp3) is 0.357. The van der Waals surface area contributed by atoms with Crippen molar-refractivity contribution in [1.29, 1.82) is 0 Å². The molecular formula is C14H14ClF2NOS. The van der Waals surface area contributed by atoms with Gasteiger partial charge in [-0.2, -0.15) is 8.78 Å². The molecule has 1 N–H and O–H groups in total. The molecule has 0 saturated heterocycles. The van der Waals surface area contributed by atoms with Gasteiger partial charge in [0, 0.05) is 6.42 Å². The molecule has 0 bridgehead atoms. The van der Waals surface area contributed by atoms with Crippen LogP contribution in [0.3, 0.4) is 0 Å². The van der Waals surface area contributed by atoms with Gasteiger partial charge in [0.25, 0.3) is 5.76 Å². The Morgan fingerprint density at radius 2 is 2.30 bits per heavy atom. The van der Waals surface area contributed by atoms with Crippen LogP contribution in [0.1, 0.15) is 19.3 Å². The van der Waals surface area contributed by atoms with Gasteiger partial charge in [0.2, 0.25) is 5.91 Å². The summed E-state index contributed by atoms with van der Waals surface area (Å²) in [5.74, 6) is -2.52. The van der Waals surface area contributed by atoms with E-state index in [1.807, 2.05) is 6.08 Å². The molecule has 1 unspecified atom stereocenters. The first-order chi connectivity index (χ1) is 9.56. The minimum Gasteiger partial charge on any atom is -0.325 e. The smallest absolute Gasteiger partial charge is 0.289 e. The standard InChI is InChI=1S/C14H14ClF2NOS/c15-10-6-3-7-11(13(10)20-14(16)17)18-12(19)8-9-4-1-2-5-9/h1,3-4,6-7,9,14H,2,5,8H2,(H,18,19). The number of allylic oxidation sites excluding steroid dienone is 2. The highest BCUT2D eigenvalue weighted by Crippen LogP contribution is 2.37. The Balaban J connectivity index is 2.05. The van der Waals surface area contributed by atoms with Crippen LogP contribution >= 0.6 is 23.4 Å². The molecule has 2 rings (SSSR count). The summed E-state index contributed by atoms with van der Waals surface area (Å²) in [6.45, 7) is 0. The van der Waals surface area contributed by atoms with Gasteiger partial charge in [0.15, 0.2) is 0 Å². The molecule has 1 aliphatic rings. The normalized spacial score (nSPS) is 17.7. The molecule has 0 aromatic heterocycles. The van der Waals surface area contributed by atoms with Gasteiger partial charge in [0.05, 0.1) is 15.6 Å². The van der Waals surface area contributed by atoms with Crippen molar-refractivity contribution in [2.24, 2.45) is 5.92 Å². The van der Waals surface area contributed by atoms with Crippen LogP contribution in [0.4, 0.5) is 14.5 Å². The fourth-order valence-corrected chi connectivity index (χ4v) is 3.03. The summed E-state index contributed by atoms with van der Waals surface area (Å²) in [6, 6.07) is 4.74. The minimum atomic E-state index is -2.58. The number of carbonyl (C=O) groups is 1. The third kappa shape index (κ3) is 4.21. The summed E-state index contributed by atoms with van der Waals surface area (Å²) in [7, 11) is 0. The number of hydrogen-bond acceptors (Lipinski definition) is 2. The van der Waals surface area contributed by atoms with Gasteiger partial charge in [-0.1, -0.05) is 41.6 Å². The number of hydrogen-bond donors (Lipinski definition) is 1. The third-order valence-corrected chi connectivity index (χ3v) is 4.29. The van der Waals surface area contributed by atoms with Crippen molar-refractivity contribution in [2.45, 2.75) is 29.9 Å². The van der Waals surface area contributed by atoms with Crippen molar-refractivity contribution in [2.75, 3.05) is 5.32 Å². The molecule has 0 fully saturated rings. The van der Waals surface area contributed by atoms with E-state index < -0.39 is 5.76 Å². The Bertz CT molecular complexity index is 522. The molecule has 20 heavy (non-hydrogen) atoms. The largest absolute Gasteiger partial charge is 0.325 e. The second kappa shape index (κ2) is 7.09. The predicted molar refractivity (Wildman–Crippen MR) is 78.4 cm³/mol. The summed E-state index contributed by atoms with van der Waals surface area (Å²) < 4.78 is 25.1. The highest BCUT2D eigenvalue weighted by atomic mass is 35.5. The monoisotopic (exact) mass is 317 g/mol. The molecule has 108 valence electrons. The Kier molecular flexibility index (Phi) is 5.43. The van der Waals surface area contributed by atoms with E-state index in [0.717, 1.165) is 12.8 Å². The van der Waals surface area contributed by atoms with Crippen LogP contribution in [0.25, 0.3) is 0 Å². The number of amides is 1. The van der Waals surface area contributed by atoms with Crippen LogP contribution in [-0.2, 0) is 4.79 Å². The van der Waals surface area contributed by atoms with Crippen molar-refractivity contribution >= 4 is 35.0 Å². The van der Waals surface area contributed by atoms with E-state index in [9.17, 15) is 13.6 Å². The van der Waals surface area contributed by atoms with Crippen LogP contribution < -0.4 is 5.32 Å². The maximum atomic E-state index is 12.5. The lowest BCUT2D eigenvalue weighted by Gasteiger charge is -2.13. The van der Waals surface area contributed by atoms with Gasteiger partial charge in [-0.05, 0) is 30.9 Å². The summed E-state index contributed by atoms with van der Waals surface area (Å²) in [5, 5.41) is 2.89. The van der Waals surface area contributed by atoms with Gasteiger partial charge in [0.1, 0.15) is 0 Å². The lowest BCUT2D eigenvalue weighted by atomic mass is 10.1. The van der Waals surface area contributed by atoms with E-state index in [4.69, 9.17) is 11.6 Å². The fourth-order valence-electron chi connectivity index (χ4n) is 2.12. The zero-order valence-electron chi connectivity index (χ0n) is 10.6. The maximum Gasteiger partial charge on any atom is 0.289 e. The van der Waals surface area contributed by atoms with Crippen LogP contribution in [0.5, 0.6) is 0 Å². The second-order valence-corrected chi connectivity index (χ2v) is 5.92. The number of halogens is 3. The van der Waals surface area contributed by atoms with Crippen molar-refractivity contribution in [3.8, 4) is 0 Å². The van der Waals surface area contributed by atoms with Gasteiger partial charge in [-0.25, -0.2) is 0 Å². The SMILES string of the molecule is O=C(CC1C=CCC1)Nc1cccc(Cl)c1SC(F)F. The number of rotatable bonds is 5. The zero-order chi connectivity index (χ0) is 14.5. The summed E-state index contributed by atoms with van der Waals surface area (Å²) in [6.07, 6.45) is 6.38. The van der Waals surface area contributed by atoms with Crippen LogP contribution in [0, 0.1) is 5.92 Å². The average Bonchev–Trinajstić information content (AvgIpc) is 2.86. The minimum absolute atomic E-state index is 0.181. The summed E-state index contributed by atoms with van der Waals surface area (Å²) in [5.41, 5.74) is 0.342. The topological polar surface area (TPSA) is 29.1 Å². The molecule has 1 amide bonds. The van der Waals surface area contributed by atoms with Crippen LogP contribution in [-0.4, -0.2) is 11.7 Å². The van der Waals surface area contributed by atoms with E-state index in [2.05, 4.69) is 11.4 Å². The first-order valence-corrected chi connectivity index (χ1v) is 7.52. The molecule has 0 radical (unpaired) electrons. The number of carbonyl (C=O) groups excluding carboxylic acids is 1. The van der Waals surface area contributed by atoms with Gasteiger partial charge < -0.3 is 5.32 Å². The van der Waals surface area contributed by atoms with Gasteiger partial charge in [-0.15, -0.1) is 0 Å². The molecule has 6 heteroatoms. The number of thioether (sulfide) groups is 1. The molecule has 1 aromatic carbocycles. The molecule has 1 aromatic rings. The van der Waals surface area contributed by atoms with Crippen molar-refractivity contribution < 1.29 is 13.6 Å². The molecule has 1 atom stereocenters. The highest BCUT2D eigenvalue weighted by molar-refractivity contribution is 7.99. The van der Waals surface area contributed by atoms with E-state index in [0.29, 0.717) is 23.9 Å². The molecule has 0 spiro atoms. The first-order valence-electron chi connectivity index (χ1n) is 6.26. The molecule has 0 saturated carbocycles. The third-order valence-electron chi connectivity index (χ3n) is 3.01. The summed E-state index contributed by atoms with van der Waals surface area (Å²) in [4.78, 5) is 12.1. The highest BCUT2D eigenvalue weighted by Gasteiger charge is 2.18. The molecule has 2 nitrogen and oxygen atoms in total. The van der Waals surface area contributed by atoms with E-state index in [1.165, 1.54) is 6.07 Å². The van der Waals surface area contributed by atoms with Crippen molar-refractivity contribution in [1.82, 2.24) is 0 Å². The Labute approximate surface area is 125 Å². The first kappa shape index (κ1) is 15.3. The Morgan fingerprint density at radius 1 is 1.50 bits per heavy atom. The second-order valence-electron chi connectivity index (χ2n) is 4.51. The van der Waals surface area contributed by atoms with Crippen LogP contribution in [0.2, 0.25) is 5.02 Å². The molecule has 0 aliphatic heterocycles. The Hall–Kier alpha value is -1.07. The predicted octanol–water partition coefficient (Wildman–Crippen LogP) is 4.95. The van der Waals surface area contributed by atoms with E-state index >= 15 is 0 Å². The lowest BCUT2D eigenvalue weighted by molar-refractivity contribution is -0.116. The van der Waals surface area contributed by atoms with Crippen LogP contribution in [0.15, 0.2) is 35.2 Å². The molecule has 1 aliphatic carbocycles. The zero-order valence-corrected chi connectivity index (χ0v) is 12.2. The quantitative estimate of drug-likeness (QED) is 0.615. The number of benzene rings is 1. The van der Waals surface area contributed by atoms with E-state index in [1.54, 1.807) is 12.1 Å². The summed E-state index contributed by atoms with van der Waals surface area (Å²) >= 11 is 6.25. The van der Waals surface area contributed by atoms with Crippen molar-refractivity contribution in [3.63, 3.8) is 0 Å². The molecular weight excluding hydrogens is 304 g/mol. The molecule has 0 heterocycles.